The van der Waals surface area contributed by atoms with Crippen molar-refractivity contribution in [1.82, 2.24) is 0 Å². The molecular formula is C17H16N2O7S2. The number of nitrogens with zero attached hydrogens (tertiary/aromatic N) is 1. The van der Waals surface area contributed by atoms with Gasteiger partial charge in [-0.25, -0.2) is 13.2 Å². The van der Waals surface area contributed by atoms with Crippen LogP contribution in [-0.4, -0.2) is 37.6 Å². The standard InChI is InChI=1S/C17H16N2O7S2/c1-2-26-17(21)14-11-7-8-28(24,25)9-13(11)27-16(14)18-15(20)10-5-3-4-6-12(10)19(22)23/h3-6H,2,7-9H2,1H3,(H,18,20). The molecular weight excluding hydrogens is 408 g/mol. The molecule has 2 aromatic rings. The van der Waals surface area contributed by atoms with E-state index >= 15 is 0 Å². The van der Waals surface area contributed by atoms with Crippen LogP contribution in [0, 0.1) is 10.1 Å². The topological polar surface area (TPSA) is 133 Å². The normalized spacial score (nSPS) is 14.8. The molecule has 1 amide bonds. The van der Waals surface area contributed by atoms with E-state index < -0.39 is 26.6 Å². The molecule has 11 heteroatoms. The molecule has 1 aromatic carbocycles. The van der Waals surface area contributed by atoms with Gasteiger partial charge in [-0.1, -0.05) is 12.1 Å². The fourth-order valence-electron chi connectivity index (χ4n) is 2.93. The number of thiophene rings is 1. The fraction of sp³-hybridized carbons (Fsp3) is 0.294. The molecule has 0 unspecified atom stereocenters. The van der Waals surface area contributed by atoms with Crippen LogP contribution >= 0.6 is 11.3 Å². The maximum absolute atomic E-state index is 12.6. The Kier molecular flexibility index (Phi) is 5.47. The summed E-state index contributed by atoms with van der Waals surface area (Å²) in [7, 11) is -3.28. The van der Waals surface area contributed by atoms with Crippen molar-refractivity contribution < 1.29 is 27.7 Å². The zero-order valence-electron chi connectivity index (χ0n) is 14.8. The number of para-hydroxylation sites is 1. The number of esters is 1. The monoisotopic (exact) mass is 424 g/mol. The highest BCUT2D eigenvalue weighted by atomic mass is 32.2. The van der Waals surface area contributed by atoms with Crippen LogP contribution < -0.4 is 5.32 Å². The second kappa shape index (κ2) is 7.68. The maximum Gasteiger partial charge on any atom is 0.341 e. The quantitative estimate of drug-likeness (QED) is 0.443. The lowest BCUT2D eigenvalue weighted by Gasteiger charge is -2.13. The lowest BCUT2D eigenvalue weighted by atomic mass is 10.1. The highest BCUT2D eigenvalue weighted by Gasteiger charge is 2.32. The fourth-order valence-corrected chi connectivity index (χ4v) is 5.96. The van der Waals surface area contributed by atoms with Gasteiger partial charge in [0.15, 0.2) is 9.84 Å². The Labute approximate surface area is 164 Å². The van der Waals surface area contributed by atoms with E-state index in [4.69, 9.17) is 4.74 Å². The zero-order chi connectivity index (χ0) is 20.5. The molecule has 0 saturated heterocycles. The van der Waals surface area contributed by atoms with Gasteiger partial charge in [0, 0.05) is 10.9 Å². The SMILES string of the molecule is CCOC(=O)c1c(NC(=O)c2ccccc2[N+](=O)[O-])sc2c1CCS(=O)(=O)C2. The number of amides is 1. The molecule has 1 aliphatic heterocycles. The second-order valence-electron chi connectivity index (χ2n) is 6.00. The molecule has 3 rings (SSSR count). The number of anilines is 1. The predicted octanol–water partition coefficient (Wildman–Crippen LogP) is 2.56. The molecule has 0 fully saturated rings. The third-order valence-corrected chi connectivity index (χ3v) is 7.04. The van der Waals surface area contributed by atoms with Crippen molar-refractivity contribution in [3.8, 4) is 0 Å². The number of carbonyl (C=O) groups excluding carboxylic acids is 2. The van der Waals surface area contributed by atoms with E-state index in [0.29, 0.717) is 10.4 Å². The van der Waals surface area contributed by atoms with Crippen LogP contribution in [0.3, 0.4) is 0 Å². The number of nitro benzene ring substituents is 1. The Morgan fingerprint density at radius 3 is 2.71 bits per heavy atom. The van der Waals surface area contributed by atoms with Crippen LogP contribution in [0.1, 0.15) is 38.1 Å². The van der Waals surface area contributed by atoms with E-state index in [9.17, 15) is 28.1 Å². The van der Waals surface area contributed by atoms with Gasteiger partial charge in [0.1, 0.15) is 10.6 Å². The first-order valence-corrected chi connectivity index (χ1v) is 10.9. The summed E-state index contributed by atoms with van der Waals surface area (Å²) < 4.78 is 28.9. The van der Waals surface area contributed by atoms with Crippen LogP contribution in [0.15, 0.2) is 24.3 Å². The summed E-state index contributed by atoms with van der Waals surface area (Å²) in [6.45, 7) is 1.74. The van der Waals surface area contributed by atoms with Gasteiger partial charge in [-0.3, -0.25) is 14.9 Å². The molecule has 1 aromatic heterocycles. The average Bonchev–Trinajstić information content (AvgIpc) is 2.97. The predicted molar refractivity (Wildman–Crippen MR) is 103 cm³/mol. The van der Waals surface area contributed by atoms with Crippen molar-refractivity contribution in [2.24, 2.45) is 0 Å². The van der Waals surface area contributed by atoms with Gasteiger partial charge in [0.25, 0.3) is 11.6 Å². The van der Waals surface area contributed by atoms with Crippen LogP contribution in [0.5, 0.6) is 0 Å². The van der Waals surface area contributed by atoms with Gasteiger partial charge in [-0.2, -0.15) is 0 Å². The third kappa shape index (κ3) is 3.90. The first-order valence-electron chi connectivity index (χ1n) is 8.30. The van der Waals surface area contributed by atoms with E-state index in [-0.39, 0.29) is 46.3 Å². The summed E-state index contributed by atoms with van der Waals surface area (Å²) >= 11 is 0.974. The number of nitrogens with one attached hydrogen (secondary N) is 1. The van der Waals surface area contributed by atoms with Crippen LogP contribution in [0.25, 0.3) is 0 Å². The molecule has 9 nitrogen and oxygen atoms in total. The Morgan fingerprint density at radius 1 is 1.32 bits per heavy atom. The number of rotatable bonds is 5. The molecule has 148 valence electrons. The molecule has 1 aliphatic rings. The highest BCUT2D eigenvalue weighted by Crippen LogP contribution is 2.38. The van der Waals surface area contributed by atoms with E-state index in [1.807, 2.05) is 0 Å². The van der Waals surface area contributed by atoms with Gasteiger partial charge in [-0.15, -0.1) is 11.3 Å². The number of carbonyl (C=O) groups is 2. The number of hydrogen-bond acceptors (Lipinski definition) is 8. The minimum Gasteiger partial charge on any atom is -0.462 e. The largest absolute Gasteiger partial charge is 0.462 e. The molecule has 0 radical (unpaired) electrons. The van der Waals surface area contributed by atoms with E-state index in [1.54, 1.807) is 6.92 Å². The molecule has 28 heavy (non-hydrogen) atoms. The van der Waals surface area contributed by atoms with Gasteiger partial charge in [0.05, 0.1) is 28.6 Å². The molecule has 0 spiro atoms. The molecule has 0 aliphatic carbocycles. The van der Waals surface area contributed by atoms with Gasteiger partial charge >= 0.3 is 5.97 Å². The van der Waals surface area contributed by atoms with Crippen molar-refractivity contribution in [2.45, 2.75) is 19.1 Å². The Balaban J connectivity index is 2.02. The van der Waals surface area contributed by atoms with Crippen molar-refractivity contribution in [3.05, 3.63) is 55.9 Å². The van der Waals surface area contributed by atoms with Crippen molar-refractivity contribution >= 4 is 43.7 Å². The summed E-state index contributed by atoms with van der Waals surface area (Å²) in [5.41, 5.74) is 0.114. The first-order chi connectivity index (χ1) is 13.2. The second-order valence-corrected chi connectivity index (χ2v) is 9.29. The van der Waals surface area contributed by atoms with Crippen LogP contribution in [-0.2, 0) is 26.7 Å². The Morgan fingerprint density at radius 2 is 2.04 bits per heavy atom. The molecule has 0 saturated carbocycles. The number of benzene rings is 1. The van der Waals surface area contributed by atoms with Crippen LogP contribution in [0.2, 0.25) is 0 Å². The van der Waals surface area contributed by atoms with Gasteiger partial charge in [-0.05, 0) is 25.0 Å². The smallest absolute Gasteiger partial charge is 0.341 e. The third-order valence-electron chi connectivity index (χ3n) is 4.16. The summed E-state index contributed by atoms with van der Waals surface area (Å²) in [5, 5.41) is 13.8. The molecule has 2 heterocycles. The van der Waals surface area contributed by atoms with Gasteiger partial charge in [0.2, 0.25) is 0 Å². The summed E-state index contributed by atoms with van der Waals surface area (Å²) in [5.74, 6) is -1.75. The van der Waals surface area contributed by atoms with E-state index in [1.165, 1.54) is 24.3 Å². The van der Waals surface area contributed by atoms with Crippen LogP contribution in [0.4, 0.5) is 10.7 Å². The Bertz CT molecular complexity index is 1070. The number of hydrogen-bond donors (Lipinski definition) is 1. The maximum atomic E-state index is 12.6. The minimum absolute atomic E-state index is 0.0965. The number of fused-ring (bicyclic) bond motifs is 1. The summed E-state index contributed by atoms with van der Waals surface area (Å²) in [6.07, 6.45) is 0.143. The number of sulfone groups is 1. The highest BCUT2D eigenvalue weighted by molar-refractivity contribution is 7.90. The number of ether oxygens (including phenoxy) is 1. The lowest BCUT2D eigenvalue weighted by Crippen LogP contribution is -2.20. The van der Waals surface area contributed by atoms with E-state index in [2.05, 4.69) is 5.32 Å². The Hall–Kier alpha value is -2.79. The lowest BCUT2D eigenvalue weighted by molar-refractivity contribution is -0.385. The molecule has 0 atom stereocenters. The first kappa shape index (κ1) is 20.0. The molecule has 0 bridgehead atoms. The van der Waals surface area contributed by atoms with E-state index in [0.717, 1.165) is 11.3 Å². The van der Waals surface area contributed by atoms with Crippen molar-refractivity contribution in [3.63, 3.8) is 0 Å². The summed E-state index contributed by atoms with van der Waals surface area (Å²) in [6, 6.07) is 5.43. The van der Waals surface area contributed by atoms with Gasteiger partial charge < -0.3 is 10.1 Å². The average molecular weight is 424 g/mol. The van der Waals surface area contributed by atoms with Crippen molar-refractivity contribution in [2.75, 3.05) is 17.7 Å². The number of nitro groups is 1. The minimum atomic E-state index is -3.28. The zero-order valence-corrected chi connectivity index (χ0v) is 16.4. The molecule has 1 N–H and O–H groups in total. The summed E-state index contributed by atoms with van der Waals surface area (Å²) in [4.78, 5) is 36.0. The van der Waals surface area contributed by atoms with Crippen molar-refractivity contribution in [1.29, 1.82) is 0 Å².